The van der Waals surface area contributed by atoms with Gasteiger partial charge in [0.2, 0.25) is 10.0 Å². The van der Waals surface area contributed by atoms with Crippen LogP contribution in [-0.2, 0) is 14.8 Å². The van der Waals surface area contributed by atoms with Crippen molar-refractivity contribution in [1.82, 2.24) is 4.72 Å². The number of hydrogen-bond acceptors (Lipinski definition) is 4. The number of hydrogen-bond donors (Lipinski definition) is 2. The average Bonchev–Trinajstić information content (AvgIpc) is 2.37. The Morgan fingerprint density at radius 1 is 1.37 bits per heavy atom. The van der Waals surface area contributed by atoms with Crippen LogP contribution < -0.4 is 4.72 Å². The number of benzene rings is 1. The Morgan fingerprint density at radius 2 is 2.00 bits per heavy atom. The summed E-state index contributed by atoms with van der Waals surface area (Å²) in [5, 5.41) is 17.4. The van der Waals surface area contributed by atoms with Gasteiger partial charge in [-0.25, -0.2) is 8.42 Å². The lowest BCUT2D eigenvalue weighted by Gasteiger charge is -2.14. The maximum Gasteiger partial charge on any atom is 0.326 e. The zero-order chi connectivity index (χ0) is 14.3. The first-order chi connectivity index (χ1) is 8.96. The number of carboxylic acids is 1. The molecule has 0 aliphatic carbocycles. The second kappa shape index (κ2) is 6.87. The van der Waals surface area contributed by atoms with Gasteiger partial charge in [0.1, 0.15) is 6.04 Å². The van der Waals surface area contributed by atoms with Crippen LogP contribution in [0.3, 0.4) is 0 Å². The zero-order valence-corrected chi connectivity index (χ0v) is 10.9. The molecule has 0 aliphatic heterocycles. The Hall–Kier alpha value is -1.91. The standard InChI is InChI=1S/C12H14N2O4S/c13-8-4-5-9-19(17,18)14-11(12(15)16)10-6-2-1-3-7-10/h1-3,6-7,11,14H,4-5,9H2,(H,15,16)/t11-/m1/s1. The highest BCUT2D eigenvalue weighted by atomic mass is 32.2. The molecule has 6 nitrogen and oxygen atoms in total. The van der Waals surface area contributed by atoms with E-state index in [-0.39, 0.29) is 18.6 Å². The van der Waals surface area contributed by atoms with Gasteiger partial charge in [0.25, 0.3) is 0 Å². The predicted molar refractivity (Wildman–Crippen MR) is 68.6 cm³/mol. The van der Waals surface area contributed by atoms with E-state index in [2.05, 4.69) is 4.72 Å². The van der Waals surface area contributed by atoms with Gasteiger partial charge in [-0.1, -0.05) is 30.3 Å². The molecular formula is C12H14N2O4S. The third-order valence-electron chi connectivity index (χ3n) is 2.38. The lowest BCUT2D eigenvalue weighted by atomic mass is 10.1. The predicted octanol–water partition coefficient (Wildman–Crippen LogP) is 1.04. The Morgan fingerprint density at radius 3 is 2.53 bits per heavy atom. The molecule has 0 heterocycles. The van der Waals surface area contributed by atoms with Gasteiger partial charge < -0.3 is 5.11 Å². The quantitative estimate of drug-likeness (QED) is 0.726. The maximum atomic E-state index is 11.7. The van der Waals surface area contributed by atoms with Crippen molar-refractivity contribution in [1.29, 1.82) is 5.26 Å². The van der Waals surface area contributed by atoms with Gasteiger partial charge >= 0.3 is 5.97 Å². The molecule has 0 fully saturated rings. The molecule has 0 saturated carbocycles. The summed E-state index contributed by atoms with van der Waals surface area (Å²) in [6.45, 7) is 0. The van der Waals surface area contributed by atoms with Crippen LogP contribution in [0.5, 0.6) is 0 Å². The maximum absolute atomic E-state index is 11.7. The summed E-state index contributed by atoms with van der Waals surface area (Å²) in [6.07, 6.45) is 0.289. The summed E-state index contributed by atoms with van der Waals surface area (Å²) in [6, 6.07) is 8.58. The van der Waals surface area contributed by atoms with Crippen molar-refractivity contribution < 1.29 is 18.3 Å². The van der Waals surface area contributed by atoms with Gasteiger partial charge in [0.15, 0.2) is 0 Å². The summed E-state index contributed by atoms with van der Waals surface area (Å²) in [7, 11) is -3.73. The van der Waals surface area contributed by atoms with E-state index < -0.39 is 22.0 Å². The number of nitrogens with zero attached hydrogens (tertiary/aromatic N) is 1. The number of nitriles is 1. The Kier molecular flexibility index (Phi) is 5.48. The zero-order valence-electron chi connectivity index (χ0n) is 10.1. The highest BCUT2D eigenvalue weighted by Gasteiger charge is 2.25. The number of unbranched alkanes of at least 4 members (excludes halogenated alkanes) is 1. The van der Waals surface area contributed by atoms with Crippen molar-refractivity contribution in [2.75, 3.05) is 5.75 Å². The number of carbonyl (C=O) groups is 1. The SMILES string of the molecule is N#CCCCS(=O)(=O)N[C@@H](C(=O)O)c1ccccc1. The Balaban J connectivity index is 2.81. The van der Waals surface area contributed by atoms with Crippen molar-refractivity contribution in [3.8, 4) is 6.07 Å². The topological polar surface area (TPSA) is 107 Å². The molecule has 1 atom stereocenters. The Bertz CT molecular complexity index is 563. The largest absolute Gasteiger partial charge is 0.480 e. The summed E-state index contributed by atoms with van der Waals surface area (Å²) >= 11 is 0. The molecule has 1 aromatic carbocycles. The fourth-order valence-electron chi connectivity index (χ4n) is 1.49. The van der Waals surface area contributed by atoms with Crippen LogP contribution in [0.15, 0.2) is 30.3 Å². The molecule has 0 unspecified atom stereocenters. The molecule has 0 saturated heterocycles. The fraction of sp³-hybridized carbons (Fsp3) is 0.333. The van der Waals surface area contributed by atoms with Gasteiger partial charge in [-0.2, -0.15) is 9.98 Å². The Labute approximate surface area is 111 Å². The fourth-order valence-corrected chi connectivity index (χ4v) is 2.72. The van der Waals surface area contributed by atoms with E-state index in [1.54, 1.807) is 18.2 Å². The van der Waals surface area contributed by atoms with Crippen molar-refractivity contribution >= 4 is 16.0 Å². The molecule has 0 radical (unpaired) electrons. The van der Waals surface area contributed by atoms with E-state index >= 15 is 0 Å². The highest BCUT2D eigenvalue weighted by Crippen LogP contribution is 2.14. The molecule has 0 amide bonds. The molecule has 1 rings (SSSR count). The summed E-state index contributed by atoms with van der Waals surface area (Å²) in [5.41, 5.74) is 0.360. The van der Waals surface area contributed by atoms with Crippen molar-refractivity contribution in [3.05, 3.63) is 35.9 Å². The van der Waals surface area contributed by atoms with E-state index in [1.807, 2.05) is 6.07 Å². The number of nitrogens with one attached hydrogen (secondary N) is 1. The molecule has 0 aromatic heterocycles. The monoisotopic (exact) mass is 282 g/mol. The van der Waals surface area contributed by atoms with E-state index in [0.717, 1.165) is 0 Å². The molecular weight excluding hydrogens is 268 g/mol. The van der Waals surface area contributed by atoms with Crippen molar-refractivity contribution in [3.63, 3.8) is 0 Å². The van der Waals surface area contributed by atoms with E-state index in [9.17, 15) is 13.2 Å². The molecule has 1 aromatic rings. The average molecular weight is 282 g/mol. The van der Waals surface area contributed by atoms with Crippen LogP contribution in [0.4, 0.5) is 0 Å². The normalized spacial score (nSPS) is 12.6. The van der Waals surface area contributed by atoms with Gasteiger partial charge in [0, 0.05) is 6.42 Å². The van der Waals surface area contributed by atoms with E-state index in [0.29, 0.717) is 5.56 Å². The number of sulfonamides is 1. The molecule has 19 heavy (non-hydrogen) atoms. The van der Waals surface area contributed by atoms with Crippen LogP contribution in [-0.4, -0.2) is 25.2 Å². The summed E-state index contributed by atoms with van der Waals surface area (Å²) in [4.78, 5) is 11.1. The smallest absolute Gasteiger partial charge is 0.326 e. The summed E-state index contributed by atoms with van der Waals surface area (Å²) in [5.74, 6) is -1.54. The lowest BCUT2D eigenvalue weighted by molar-refractivity contribution is -0.139. The number of rotatable bonds is 7. The van der Waals surface area contributed by atoms with Gasteiger partial charge in [-0.3, -0.25) is 4.79 Å². The van der Waals surface area contributed by atoms with Crippen LogP contribution >= 0.6 is 0 Å². The minimum absolute atomic E-state index is 0.115. The molecule has 2 N–H and O–H groups in total. The van der Waals surface area contributed by atoms with Crippen LogP contribution in [0.25, 0.3) is 0 Å². The van der Waals surface area contributed by atoms with E-state index in [1.165, 1.54) is 12.1 Å². The van der Waals surface area contributed by atoms with Crippen molar-refractivity contribution in [2.45, 2.75) is 18.9 Å². The van der Waals surface area contributed by atoms with Gasteiger partial charge in [0.05, 0.1) is 11.8 Å². The third kappa shape index (κ3) is 5.07. The minimum Gasteiger partial charge on any atom is -0.480 e. The first-order valence-electron chi connectivity index (χ1n) is 5.61. The second-order valence-electron chi connectivity index (χ2n) is 3.88. The van der Waals surface area contributed by atoms with Crippen LogP contribution in [0.2, 0.25) is 0 Å². The minimum atomic E-state index is -3.73. The first kappa shape index (κ1) is 15.1. The van der Waals surface area contributed by atoms with Gasteiger partial charge in [-0.15, -0.1) is 0 Å². The number of carboxylic acid groups (broad SMARTS) is 1. The molecule has 0 spiro atoms. The summed E-state index contributed by atoms with van der Waals surface area (Å²) < 4.78 is 25.6. The highest BCUT2D eigenvalue weighted by molar-refractivity contribution is 7.89. The molecule has 0 bridgehead atoms. The second-order valence-corrected chi connectivity index (χ2v) is 5.75. The van der Waals surface area contributed by atoms with E-state index in [4.69, 9.17) is 10.4 Å². The lowest BCUT2D eigenvalue weighted by Crippen LogP contribution is -2.35. The van der Waals surface area contributed by atoms with Gasteiger partial charge in [-0.05, 0) is 12.0 Å². The van der Waals surface area contributed by atoms with Crippen molar-refractivity contribution in [2.24, 2.45) is 0 Å². The molecule has 0 aliphatic rings. The third-order valence-corrected chi connectivity index (χ3v) is 3.80. The molecule has 102 valence electrons. The van der Waals surface area contributed by atoms with Crippen LogP contribution in [0, 0.1) is 11.3 Å². The molecule has 7 heteroatoms. The number of aliphatic carboxylic acids is 1. The van der Waals surface area contributed by atoms with Crippen LogP contribution in [0.1, 0.15) is 24.4 Å². The first-order valence-corrected chi connectivity index (χ1v) is 7.26.